The second-order valence-corrected chi connectivity index (χ2v) is 6.24. The second-order valence-electron chi connectivity index (χ2n) is 6.24. The maximum absolute atomic E-state index is 13.0. The van der Waals surface area contributed by atoms with Crippen molar-refractivity contribution in [2.75, 3.05) is 0 Å². The van der Waals surface area contributed by atoms with Gasteiger partial charge in [-0.25, -0.2) is 0 Å². The Kier molecular flexibility index (Phi) is 4.08. The van der Waals surface area contributed by atoms with Gasteiger partial charge in [0, 0.05) is 17.5 Å². The highest BCUT2D eigenvalue weighted by atomic mass is 16.5. The molecule has 4 aromatic rings. The molecule has 2 heterocycles. The molecule has 1 N–H and O–H groups in total. The molecule has 6 nitrogen and oxygen atoms in total. The van der Waals surface area contributed by atoms with Crippen LogP contribution >= 0.6 is 0 Å². The van der Waals surface area contributed by atoms with Crippen LogP contribution in [0.5, 0.6) is 5.75 Å². The third-order valence-electron chi connectivity index (χ3n) is 4.37. The molecule has 0 radical (unpaired) electrons. The van der Waals surface area contributed by atoms with Crippen molar-refractivity contribution >= 4 is 10.9 Å². The van der Waals surface area contributed by atoms with Crippen molar-refractivity contribution in [3.05, 3.63) is 77.1 Å². The molecular weight excluding hydrogens is 342 g/mol. The molecule has 0 amide bonds. The van der Waals surface area contributed by atoms with Crippen molar-refractivity contribution in [3.63, 3.8) is 0 Å². The van der Waals surface area contributed by atoms with Gasteiger partial charge in [-0.05, 0) is 25.1 Å². The SMILES string of the molecule is C=CCn1c(=O)c(-c2nc(-c3cccc(C)c3)no2)c(O)c2ccccc21. The molecule has 0 aliphatic heterocycles. The van der Waals surface area contributed by atoms with Crippen LogP contribution < -0.4 is 5.56 Å². The Morgan fingerprint density at radius 1 is 1.22 bits per heavy atom. The van der Waals surface area contributed by atoms with E-state index in [2.05, 4.69) is 16.7 Å². The third kappa shape index (κ3) is 2.81. The minimum absolute atomic E-state index is 0.0121. The van der Waals surface area contributed by atoms with Gasteiger partial charge in [0.2, 0.25) is 5.82 Å². The van der Waals surface area contributed by atoms with Gasteiger partial charge < -0.3 is 14.2 Å². The molecule has 6 heteroatoms. The maximum atomic E-state index is 13.0. The van der Waals surface area contributed by atoms with E-state index in [1.54, 1.807) is 24.3 Å². The van der Waals surface area contributed by atoms with E-state index in [9.17, 15) is 9.90 Å². The topological polar surface area (TPSA) is 81.2 Å². The number of benzene rings is 2. The van der Waals surface area contributed by atoms with Crippen LogP contribution in [0, 0.1) is 6.92 Å². The number of rotatable bonds is 4. The van der Waals surface area contributed by atoms with Crippen LogP contribution in [0.4, 0.5) is 0 Å². The fourth-order valence-corrected chi connectivity index (χ4v) is 3.12. The van der Waals surface area contributed by atoms with E-state index >= 15 is 0 Å². The Balaban J connectivity index is 1.95. The van der Waals surface area contributed by atoms with Crippen LogP contribution in [0.1, 0.15) is 5.56 Å². The fraction of sp³-hybridized carbons (Fsp3) is 0.0952. The number of nitrogens with zero attached hydrogens (tertiary/aromatic N) is 3. The number of pyridine rings is 1. The lowest BCUT2D eigenvalue weighted by Gasteiger charge is -2.11. The van der Waals surface area contributed by atoms with E-state index in [4.69, 9.17) is 4.52 Å². The van der Waals surface area contributed by atoms with E-state index in [-0.39, 0.29) is 17.2 Å². The number of aromatic nitrogens is 3. The average Bonchev–Trinajstić information content (AvgIpc) is 3.15. The number of hydrogen-bond donors (Lipinski definition) is 1. The van der Waals surface area contributed by atoms with Gasteiger partial charge >= 0.3 is 0 Å². The zero-order valence-corrected chi connectivity index (χ0v) is 14.7. The Hall–Kier alpha value is -3.67. The van der Waals surface area contributed by atoms with Crippen LogP contribution in [-0.4, -0.2) is 19.8 Å². The summed E-state index contributed by atoms with van der Waals surface area (Å²) in [5.74, 6) is 0.170. The highest BCUT2D eigenvalue weighted by molar-refractivity contribution is 5.91. The minimum atomic E-state index is -0.412. The van der Waals surface area contributed by atoms with Crippen molar-refractivity contribution in [1.29, 1.82) is 0 Å². The summed E-state index contributed by atoms with van der Waals surface area (Å²) in [6.45, 7) is 5.97. The third-order valence-corrected chi connectivity index (χ3v) is 4.37. The molecule has 0 aliphatic carbocycles. The lowest BCUT2D eigenvalue weighted by atomic mass is 10.1. The molecule has 0 spiro atoms. The van der Waals surface area contributed by atoms with Gasteiger partial charge in [0.25, 0.3) is 11.4 Å². The first kappa shape index (κ1) is 16.8. The van der Waals surface area contributed by atoms with Gasteiger partial charge in [0.05, 0.1) is 5.52 Å². The number of hydrogen-bond acceptors (Lipinski definition) is 5. The summed E-state index contributed by atoms with van der Waals surface area (Å²) in [6, 6.07) is 14.8. The Morgan fingerprint density at radius 3 is 2.81 bits per heavy atom. The largest absolute Gasteiger partial charge is 0.506 e. The molecule has 27 heavy (non-hydrogen) atoms. The Bertz CT molecular complexity index is 1220. The first-order valence-corrected chi connectivity index (χ1v) is 8.46. The molecule has 134 valence electrons. The predicted molar refractivity (Wildman–Crippen MR) is 104 cm³/mol. The van der Waals surface area contributed by atoms with E-state index in [1.165, 1.54) is 4.57 Å². The van der Waals surface area contributed by atoms with Gasteiger partial charge in [-0.2, -0.15) is 4.98 Å². The summed E-state index contributed by atoms with van der Waals surface area (Å²) in [6.07, 6.45) is 1.63. The smallest absolute Gasteiger partial charge is 0.268 e. The number of para-hydroxylation sites is 1. The maximum Gasteiger partial charge on any atom is 0.268 e. The second kappa shape index (κ2) is 6.57. The zero-order chi connectivity index (χ0) is 19.0. The van der Waals surface area contributed by atoms with E-state index in [0.29, 0.717) is 23.3 Å². The standard InChI is InChI=1S/C21H17N3O3/c1-3-11-24-16-10-5-4-9-15(16)18(25)17(21(24)26)20-22-19(23-27-20)14-8-6-7-13(2)12-14/h3-10,12,25H,1,11H2,2H3. The Morgan fingerprint density at radius 2 is 2.04 bits per heavy atom. The minimum Gasteiger partial charge on any atom is -0.506 e. The lowest BCUT2D eigenvalue weighted by molar-refractivity contribution is 0.425. The number of aromatic hydroxyl groups is 1. The van der Waals surface area contributed by atoms with Crippen molar-refractivity contribution in [3.8, 4) is 28.6 Å². The first-order valence-electron chi connectivity index (χ1n) is 8.46. The normalized spacial score (nSPS) is 11.0. The van der Waals surface area contributed by atoms with E-state index in [1.807, 2.05) is 37.3 Å². The van der Waals surface area contributed by atoms with Crippen LogP contribution in [0.25, 0.3) is 33.7 Å². The van der Waals surface area contributed by atoms with Gasteiger partial charge in [0.15, 0.2) is 0 Å². The van der Waals surface area contributed by atoms with Crippen LogP contribution in [0.2, 0.25) is 0 Å². The molecule has 0 fully saturated rings. The number of aryl methyl sites for hydroxylation is 1. The van der Waals surface area contributed by atoms with Crippen molar-refractivity contribution in [2.24, 2.45) is 0 Å². The summed E-state index contributed by atoms with van der Waals surface area (Å²) in [4.78, 5) is 17.4. The zero-order valence-electron chi connectivity index (χ0n) is 14.7. The monoisotopic (exact) mass is 359 g/mol. The van der Waals surface area contributed by atoms with E-state index in [0.717, 1.165) is 11.1 Å². The molecule has 2 aromatic heterocycles. The first-order chi connectivity index (χ1) is 13.1. The predicted octanol–water partition coefficient (Wildman–Crippen LogP) is 3.92. The molecule has 2 aromatic carbocycles. The van der Waals surface area contributed by atoms with Gasteiger partial charge in [-0.3, -0.25) is 4.79 Å². The van der Waals surface area contributed by atoms with Crippen molar-refractivity contribution < 1.29 is 9.63 Å². The summed E-state index contributed by atoms with van der Waals surface area (Å²) >= 11 is 0. The molecule has 4 rings (SSSR count). The number of allylic oxidation sites excluding steroid dienone is 1. The average molecular weight is 359 g/mol. The van der Waals surface area contributed by atoms with Gasteiger partial charge in [0.1, 0.15) is 11.3 Å². The highest BCUT2D eigenvalue weighted by Gasteiger charge is 2.22. The molecule has 0 bridgehead atoms. The van der Waals surface area contributed by atoms with Crippen LogP contribution in [-0.2, 0) is 6.54 Å². The van der Waals surface area contributed by atoms with Crippen LogP contribution in [0.3, 0.4) is 0 Å². The van der Waals surface area contributed by atoms with Crippen molar-refractivity contribution in [2.45, 2.75) is 13.5 Å². The van der Waals surface area contributed by atoms with Gasteiger partial charge in [-0.1, -0.05) is 47.1 Å². The van der Waals surface area contributed by atoms with Crippen molar-refractivity contribution in [1.82, 2.24) is 14.7 Å². The lowest BCUT2D eigenvalue weighted by Crippen LogP contribution is -2.22. The van der Waals surface area contributed by atoms with Gasteiger partial charge in [-0.15, -0.1) is 6.58 Å². The molecular formula is C21H17N3O3. The fourth-order valence-electron chi connectivity index (χ4n) is 3.12. The van der Waals surface area contributed by atoms with Crippen LogP contribution in [0.15, 0.2) is 70.5 Å². The summed E-state index contributed by atoms with van der Waals surface area (Å²) < 4.78 is 6.85. The summed E-state index contributed by atoms with van der Waals surface area (Å²) in [7, 11) is 0. The molecule has 0 saturated heterocycles. The molecule has 0 atom stereocenters. The van der Waals surface area contributed by atoms with E-state index < -0.39 is 5.56 Å². The summed E-state index contributed by atoms with van der Waals surface area (Å²) in [5.41, 5.74) is 2.02. The molecule has 0 aliphatic rings. The summed E-state index contributed by atoms with van der Waals surface area (Å²) in [5, 5.41) is 15.2. The number of fused-ring (bicyclic) bond motifs is 1. The molecule has 0 saturated carbocycles. The molecule has 0 unspecified atom stereocenters. The highest BCUT2D eigenvalue weighted by Crippen LogP contribution is 2.33. The quantitative estimate of drug-likeness (QED) is 0.559. The Labute approximate surface area is 155 Å².